The number of rotatable bonds is 4. The van der Waals surface area contributed by atoms with Gasteiger partial charge in [-0.3, -0.25) is 0 Å². The molecule has 1 aliphatic heterocycles. The molecule has 0 unspecified atom stereocenters. The van der Waals surface area contributed by atoms with Crippen LogP contribution in [0.15, 0.2) is 18.2 Å². The number of carbonyl (C=O) groups is 1. The Bertz CT molecular complexity index is 513. The highest BCUT2D eigenvalue weighted by Crippen LogP contribution is 2.32. The third-order valence-electron chi connectivity index (χ3n) is 2.82. The normalized spacial score (nSPS) is 13.1. The number of nitrogens with zero attached hydrogens (tertiary/aromatic N) is 1. The van der Waals surface area contributed by atoms with Gasteiger partial charge in [0.2, 0.25) is 6.79 Å². The lowest BCUT2D eigenvalue weighted by Crippen LogP contribution is -2.37. The molecule has 1 aliphatic rings. The van der Waals surface area contributed by atoms with E-state index in [0.29, 0.717) is 18.4 Å². The lowest BCUT2D eigenvalue weighted by molar-refractivity contribution is 0.0247. The summed E-state index contributed by atoms with van der Waals surface area (Å²) in [6.07, 6.45) is -0.320. The molecule has 0 aliphatic carbocycles. The largest absolute Gasteiger partial charge is 0.454 e. The van der Waals surface area contributed by atoms with E-state index in [9.17, 15) is 4.79 Å². The minimum Gasteiger partial charge on any atom is -0.454 e. The maximum absolute atomic E-state index is 12.2. The number of carbonyl (C=O) groups excluding carboxylic acids is 1. The monoisotopic (exact) mass is 357 g/mol. The fourth-order valence-corrected chi connectivity index (χ4v) is 2.35. The summed E-state index contributed by atoms with van der Waals surface area (Å²) in [5, 5.41) is 0.691. The van der Waals surface area contributed by atoms with Crippen molar-refractivity contribution in [3.8, 4) is 11.5 Å². The number of benzene rings is 1. The minimum atomic E-state index is -0.503. The Morgan fingerprint density at radius 1 is 1.33 bits per heavy atom. The van der Waals surface area contributed by atoms with Gasteiger partial charge < -0.3 is 19.1 Å². The third-order valence-corrected chi connectivity index (χ3v) is 3.17. The van der Waals surface area contributed by atoms with E-state index in [4.69, 9.17) is 14.2 Å². The molecule has 0 fully saturated rings. The fraction of sp³-hybridized carbons (Fsp3) is 0.533. The first-order chi connectivity index (χ1) is 9.89. The highest BCUT2D eigenvalue weighted by atomic mass is 79.9. The van der Waals surface area contributed by atoms with Crippen LogP contribution >= 0.6 is 15.9 Å². The molecule has 0 N–H and O–H groups in total. The van der Waals surface area contributed by atoms with E-state index < -0.39 is 5.60 Å². The van der Waals surface area contributed by atoms with E-state index in [1.54, 1.807) is 4.90 Å². The Labute approximate surface area is 133 Å². The number of halogens is 1. The lowest BCUT2D eigenvalue weighted by Gasteiger charge is -2.27. The van der Waals surface area contributed by atoms with Crippen LogP contribution in [0.5, 0.6) is 11.5 Å². The summed E-state index contributed by atoms with van der Waals surface area (Å²) in [6, 6.07) is 5.69. The maximum atomic E-state index is 12.2. The predicted octanol–water partition coefficient (Wildman–Crippen LogP) is 3.55. The molecule has 21 heavy (non-hydrogen) atoms. The zero-order valence-corrected chi connectivity index (χ0v) is 14.1. The zero-order chi connectivity index (χ0) is 15.5. The minimum absolute atomic E-state index is 0.246. The molecule has 0 bridgehead atoms. The molecule has 5 nitrogen and oxygen atoms in total. The first kappa shape index (κ1) is 15.9. The molecular formula is C15H20BrNO4. The van der Waals surface area contributed by atoms with Crippen molar-refractivity contribution >= 4 is 22.0 Å². The molecule has 116 valence electrons. The molecule has 1 amide bonds. The number of hydrogen-bond donors (Lipinski definition) is 0. The van der Waals surface area contributed by atoms with E-state index in [1.807, 2.05) is 39.0 Å². The Balaban J connectivity index is 2.07. The summed E-state index contributed by atoms with van der Waals surface area (Å²) in [5.41, 5.74) is 0.474. The average molecular weight is 358 g/mol. The standard InChI is InChI=1S/C15H20BrNO4/c1-15(2,3)21-14(18)17(7-6-16)9-11-4-5-12-13(8-11)20-10-19-12/h4-5,8H,6-7,9-10H2,1-3H3. The first-order valence-electron chi connectivity index (χ1n) is 6.81. The summed E-state index contributed by atoms with van der Waals surface area (Å²) in [5.74, 6) is 1.46. The molecule has 1 heterocycles. The van der Waals surface area contributed by atoms with Crippen molar-refractivity contribution in [3.05, 3.63) is 23.8 Å². The van der Waals surface area contributed by atoms with Crippen LogP contribution < -0.4 is 9.47 Å². The van der Waals surface area contributed by atoms with Crippen LogP contribution in [0.4, 0.5) is 4.79 Å². The molecule has 0 saturated heterocycles. The predicted molar refractivity (Wildman–Crippen MR) is 83.0 cm³/mol. The summed E-state index contributed by atoms with van der Waals surface area (Å²) in [7, 11) is 0. The van der Waals surface area contributed by atoms with Crippen LogP contribution in [0, 0.1) is 0 Å². The van der Waals surface area contributed by atoms with Crippen LogP contribution in [0.3, 0.4) is 0 Å². The van der Waals surface area contributed by atoms with Crippen molar-refractivity contribution in [1.29, 1.82) is 0 Å². The van der Waals surface area contributed by atoms with Crippen LogP contribution in [0.1, 0.15) is 26.3 Å². The molecule has 0 radical (unpaired) electrons. The fourth-order valence-electron chi connectivity index (χ4n) is 1.92. The molecule has 0 spiro atoms. The van der Waals surface area contributed by atoms with Gasteiger partial charge in [0.25, 0.3) is 0 Å². The molecular weight excluding hydrogens is 338 g/mol. The van der Waals surface area contributed by atoms with Crippen LogP contribution in [-0.2, 0) is 11.3 Å². The van der Waals surface area contributed by atoms with Crippen molar-refractivity contribution < 1.29 is 19.0 Å². The van der Waals surface area contributed by atoms with E-state index >= 15 is 0 Å². The Kier molecular flexibility index (Phi) is 4.98. The second-order valence-electron chi connectivity index (χ2n) is 5.78. The molecule has 2 rings (SSSR count). The van der Waals surface area contributed by atoms with Gasteiger partial charge in [-0.1, -0.05) is 22.0 Å². The molecule has 0 saturated carbocycles. The average Bonchev–Trinajstić information content (AvgIpc) is 2.83. The van der Waals surface area contributed by atoms with E-state index in [-0.39, 0.29) is 12.9 Å². The third kappa shape index (κ3) is 4.52. The van der Waals surface area contributed by atoms with Gasteiger partial charge in [-0.2, -0.15) is 0 Å². The van der Waals surface area contributed by atoms with Gasteiger partial charge in [0, 0.05) is 18.4 Å². The van der Waals surface area contributed by atoms with Crippen molar-refractivity contribution in [3.63, 3.8) is 0 Å². The van der Waals surface area contributed by atoms with Crippen molar-refractivity contribution in [2.75, 3.05) is 18.7 Å². The number of hydrogen-bond acceptors (Lipinski definition) is 4. The second kappa shape index (κ2) is 6.56. The number of alkyl halides is 1. The first-order valence-corrected chi connectivity index (χ1v) is 7.93. The molecule has 0 atom stereocenters. The van der Waals surface area contributed by atoms with Gasteiger partial charge in [0.1, 0.15) is 5.60 Å². The van der Waals surface area contributed by atoms with Gasteiger partial charge in [0.15, 0.2) is 11.5 Å². The van der Waals surface area contributed by atoms with Gasteiger partial charge in [-0.15, -0.1) is 0 Å². The number of fused-ring (bicyclic) bond motifs is 1. The van der Waals surface area contributed by atoms with Crippen LogP contribution in [0.2, 0.25) is 0 Å². The summed E-state index contributed by atoms with van der Waals surface area (Å²) < 4.78 is 16.1. The van der Waals surface area contributed by atoms with E-state index in [2.05, 4.69) is 15.9 Å². The van der Waals surface area contributed by atoms with E-state index in [1.165, 1.54) is 0 Å². The molecule has 6 heteroatoms. The van der Waals surface area contributed by atoms with Gasteiger partial charge in [0.05, 0.1) is 0 Å². The SMILES string of the molecule is CC(C)(C)OC(=O)N(CCBr)Cc1ccc2c(c1)OCO2. The van der Waals surface area contributed by atoms with Crippen molar-refractivity contribution in [2.45, 2.75) is 32.9 Å². The van der Waals surface area contributed by atoms with Gasteiger partial charge in [-0.05, 0) is 38.5 Å². The Morgan fingerprint density at radius 2 is 2.05 bits per heavy atom. The van der Waals surface area contributed by atoms with Crippen LogP contribution in [-0.4, -0.2) is 35.3 Å². The summed E-state index contributed by atoms with van der Waals surface area (Å²) in [4.78, 5) is 13.9. The highest BCUT2D eigenvalue weighted by molar-refractivity contribution is 9.09. The lowest BCUT2D eigenvalue weighted by atomic mass is 10.2. The zero-order valence-electron chi connectivity index (χ0n) is 12.5. The molecule has 0 aromatic heterocycles. The topological polar surface area (TPSA) is 48.0 Å². The Morgan fingerprint density at radius 3 is 2.71 bits per heavy atom. The smallest absolute Gasteiger partial charge is 0.410 e. The quantitative estimate of drug-likeness (QED) is 0.773. The number of amides is 1. The van der Waals surface area contributed by atoms with E-state index in [0.717, 1.165) is 17.1 Å². The number of ether oxygens (including phenoxy) is 3. The second-order valence-corrected chi connectivity index (χ2v) is 6.57. The Hall–Kier alpha value is -1.43. The van der Waals surface area contributed by atoms with Gasteiger partial charge in [-0.25, -0.2) is 4.79 Å². The highest BCUT2D eigenvalue weighted by Gasteiger charge is 2.22. The maximum Gasteiger partial charge on any atom is 0.410 e. The molecule has 1 aromatic rings. The molecule has 1 aromatic carbocycles. The van der Waals surface area contributed by atoms with Gasteiger partial charge >= 0.3 is 6.09 Å². The van der Waals surface area contributed by atoms with Crippen molar-refractivity contribution in [2.24, 2.45) is 0 Å². The summed E-state index contributed by atoms with van der Waals surface area (Å²) in [6.45, 7) is 6.86. The summed E-state index contributed by atoms with van der Waals surface area (Å²) >= 11 is 3.37. The van der Waals surface area contributed by atoms with Crippen LogP contribution in [0.25, 0.3) is 0 Å². The van der Waals surface area contributed by atoms with Crippen molar-refractivity contribution in [1.82, 2.24) is 4.90 Å².